The van der Waals surface area contributed by atoms with Crippen LogP contribution in [0.15, 0.2) is 47.5 Å². The number of amides is 1. The van der Waals surface area contributed by atoms with Gasteiger partial charge in [0.05, 0.1) is 29.6 Å². The van der Waals surface area contributed by atoms with E-state index in [2.05, 4.69) is 19.9 Å². The van der Waals surface area contributed by atoms with Gasteiger partial charge in [0.15, 0.2) is 9.84 Å². The minimum absolute atomic E-state index is 0.0368. The van der Waals surface area contributed by atoms with E-state index in [1.54, 1.807) is 6.20 Å². The molecule has 0 spiro atoms. The smallest absolute Gasteiger partial charge is 0.251 e. The van der Waals surface area contributed by atoms with E-state index in [1.807, 2.05) is 12.1 Å². The molecule has 2 aliphatic rings. The van der Waals surface area contributed by atoms with Gasteiger partial charge in [-0.1, -0.05) is 6.07 Å². The van der Waals surface area contributed by atoms with Gasteiger partial charge < -0.3 is 15.0 Å². The van der Waals surface area contributed by atoms with Crippen LogP contribution in [0.4, 0.5) is 5.82 Å². The number of rotatable bonds is 7. The number of pyridine rings is 1. The normalized spacial score (nSPS) is 20.5. The first-order chi connectivity index (χ1) is 15.7. The lowest BCUT2D eigenvalue weighted by Gasteiger charge is -2.28. The minimum Gasteiger partial charge on any atom is -0.378 e. The van der Waals surface area contributed by atoms with Gasteiger partial charge in [-0.25, -0.2) is 26.5 Å². The van der Waals surface area contributed by atoms with Crippen molar-refractivity contribution in [2.45, 2.75) is 23.9 Å². The second-order valence-electron chi connectivity index (χ2n) is 8.05. The Morgan fingerprint density at radius 2 is 1.97 bits per heavy atom. The van der Waals surface area contributed by atoms with Gasteiger partial charge in [0.2, 0.25) is 10.0 Å². The molecule has 2 aliphatic heterocycles. The van der Waals surface area contributed by atoms with Gasteiger partial charge in [-0.3, -0.25) is 4.79 Å². The summed E-state index contributed by atoms with van der Waals surface area (Å²) in [5.41, 5.74) is 1.06. The number of nitrogens with zero attached hydrogens (tertiary/aromatic N) is 2. The molecule has 10 nitrogen and oxygen atoms in total. The van der Waals surface area contributed by atoms with Crippen molar-refractivity contribution in [3.05, 3.63) is 53.7 Å². The number of carbonyl (C=O) groups excluding carboxylic acids is 1. The number of anilines is 1. The second-order valence-corrected chi connectivity index (χ2v) is 12.0. The van der Waals surface area contributed by atoms with Crippen LogP contribution in [0.1, 0.15) is 22.3 Å². The predicted octanol–water partition coefficient (Wildman–Crippen LogP) is 0.314. The molecule has 2 fully saturated rings. The summed E-state index contributed by atoms with van der Waals surface area (Å²) in [6.45, 7) is 3.06. The van der Waals surface area contributed by atoms with Crippen molar-refractivity contribution in [2.24, 2.45) is 0 Å². The highest BCUT2D eigenvalue weighted by molar-refractivity contribution is 7.92. The fourth-order valence-corrected chi connectivity index (χ4v) is 6.90. The zero-order valence-corrected chi connectivity index (χ0v) is 19.6. The van der Waals surface area contributed by atoms with E-state index in [-0.39, 0.29) is 34.9 Å². The molecule has 2 saturated heterocycles. The highest BCUT2D eigenvalue weighted by atomic mass is 32.2. The van der Waals surface area contributed by atoms with Crippen LogP contribution < -0.4 is 14.9 Å². The second kappa shape index (κ2) is 9.75. The molecule has 1 unspecified atom stereocenters. The van der Waals surface area contributed by atoms with Crippen LogP contribution in [0.2, 0.25) is 0 Å². The molecule has 33 heavy (non-hydrogen) atoms. The van der Waals surface area contributed by atoms with Crippen LogP contribution in [0.25, 0.3) is 0 Å². The molecule has 178 valence electrons. The molecule has 4 rings (SSSR count). The van der Waals surface area contributed by atoms with Crippen LogP contribution in [-0.4, -0.2) is 71.6 Å². The van der Waals surface area contributed by atoms with Crippen molar-refractivity contribution < 1.29 is 26.4 Å². The summed E-state index contributed by atoms with van der Waals surface area (Å²) in [4.78, 5) is 19.1. The maximum absolute atomic E-state index is 12.7. The molecule has 1 aromatic heterocycles. The molecule has 0 bridgehead atoms. The topological polar surface area (TPSA) is 135 Å². The lowest BCUT2D eigenvalue weighted by atomic mass is 10.2. The third-order valence-corrected chi connectivity index (χ3v) is 8.84. The number of hydrogen-bond donors (Lipinski definition) is 2. The quantitative estimate of drug-likeness (QED) is 0.562. The monoisotopic (exact) mass is 494 g/mol. The summed E-state index contributed by atoms with van der Waals surface area (Å²) in [5, 5.41) is 2.80. The van der Waals surface area contributed by atoms with Gasteiger partial charge in [-0.2, -0.15) is 0 Å². The largest absolute Gasteiger partial charge is 0.378 e. The van der Waals surface area contributed by atoms with Crippen LogP contribution in [0.5, 0.6) is 0 Å². The Labute approximate surface area is 193 Å². The molecule has 1 aromatic carbocycles. The predicted molar refractivity (Wildman–Crippen MR) is 122 cm³/mol. The molecule has 0 aliphatic carbocycles. The van der Waals surface area contributed by atoms with Crippen LogP contribution in [-0.2, 0) is 31.1 Å². The average molecular weight is 495 g/mol. The molecule has 0 radical (unpaired) electrons. The van der Waals surface area contributed by atoms with Gasteiger partial charge in [-0.15, -0.1) is 0 Å². The van der Waals surface area contributed by atoms with Crippen molar-refractivity contribution >= 4 is 31.6 Å². The van der Waals surface area contributed by atoms with Crippen LogP contribution >= 0.6 is 0 Å². The van der Waals surface area contributed by atoms with Crippen LogP contribution in [0, 0.1) is 0 Å². The lowest BCUT2D eigenvalue weighted by molar-refractivity contribution is 0.0950. The Bertz CT molecular complexity index is 1230. The summed E-state index contributed by atoms with van der Waals surface area (Å²) >= 11 is 0. The summed E-state index contributed by atoms with van der Waals surface area (Å²) < 4.78 is 56.4. The number of sulfonamides is 1. The number of sulfone groups is 1. The van der Waals surface area contributed by atoms with Crippen molar-refractivity contribution in [3.8, 4) is 0 Å². The maximum atomic E-state index is 12.7. The van der Waals surface area contributed by atoms with Crippen LogP contribution in [0.3, 0.4) is 0 Å². The highest BCUT2D eigenvalue weighted by Gasteiger charge is 2.31. The molecular weight excluding hydrogens is 468 g/mol. The first-order valence-corrected chi connectivity index (χ1v) is 13.9. The molecule has 1 amide bonds. The molecule has 2 aromatic rings. The van der Waals surface area contributed by atoms with Crippen molar-refractivity contribution in [1.29, 1.82) is 0 Å². The third-order valence-electron chi connectivity index (χ3n) is 5.56. The summed E-state index contributed by atoms with van der Waals surface area (Å²) in [6, 6.07) is 8.73. The fraction of sp³-hybridized carbons (Fsp3) is 0.429. The van der Waals surface area contributed by atoms with E-state index in [0.29, 0.717) is 13.2 Å². The summed E-state index contributed by atoms with van der Waals surface area (Å²) in [6.07, 6.45) is 1.93. The lowest BCUT2D eigenvalue weighted by Crippen LogP contribution is -2.36. The average Bonchev–Trinajstić information content (AvgIpc) is 3.15. The van der Waals surface area contributed by atoms with Gasteiger partial charge in [0.25, 0.3) is 5.91 Å². The van der Waals surface area contributed by atoms with Crippen molar-refractivity contribution in [1.82, 2.24) is 15.0 Å². The van der Waals surface area contributed by atoms with Crippen molar-refractivity contribution in [2.75, 3.05) is 42.7 Å². The molecule has 2 N–H and O–H groups in total. The highest BCUT2D eigenvalue weighted by Crippen LogP contribution is 2.18. The fourth-order valence-electron chi connectivity index (χ4n) is 3.80. The van der Waals surface area contributed by atoms with Gasteiger partial charge in [0, 0.05) is 37.4 Å². The Morgan fingerprint density at radius 1 is 1.18 bits per heavy atom. The Morgan fingerprint density at radius 3 is 2.70 bits per heavy atom. The van der Waals surface area contributed by atoms with E-state index in [0.717, 1.165) is 24.5 Å². The number of hydrogen-bond acceptors (Lipinski definition) is 8. The molecule has 12 heteroatoms. The van der Waals surface area contributed by atoms with Gasteiger partial charge >= 0.3 is 0 Å². The van der Waals surface area contributed by atoms with E-state index in [1.165, 1.54) is 24.3 Å². The Kier molecular flexibility index (Phi) is 6.98. The number of nitrogens with one attached hydrogen (secondary N) is 2. The van der Waals surface area contributed by atoms with Gasteiger partial charge in [0.1, 0.15) is 5.82 Å². The number of carbonyl (C=O) groups is 1. The molecular formula is C21H26N4O6S2. The molecule has 1 atom stereocenters. The number of morpholine rings is 1. The van der Waals surface area contributed by atoms with Crippen molar-refractivity contribution in [3.63, 3.8) is 0 Å². The van der Waals surface area contributed by atoms with Gasteiger partial charge in [-0.05, 0) is 42.3 Å². The first-order valence-electron chi connectivity index (χ1n) is 10.6. The summed E-state index contributed by atoms with van der Waals surface area (Å²) in [7, 11) is -7.17. The number of aromatic nitrogens is 1. The van der Waals surface area contributed by atoms with E-state index >= 15 is 0 Å². The Hall–Kier alpha value is -2.54. The standard InChI is InChI=1S/C21H26N4O6S2/c26-21(23-14-16-4-6-22-20(12-16)25-7-9-31-10-8-25)17-2-1-3-19(13-17)33(29,30)24-18-5-11-32(27,28)15-18/h1-4,6,12-13,18,24H,5,7-11,14-15H2,(H,23,26). The zero-order chi connectivity index (χ0) is 23.5. The number of ether oxygens (including phenoxy) is 1. The summed E-state index contributed by atoms with van der Waals surface area (Å²) in [5.74, 6) is 0.147. The van der Waals surface area contributed by atoms with E-state index in [4.69, 9.17) is 4.74 Å². The SMILES string of the molecule is O=C(NCc1ccnc(N2CCOCC2)c1)c1cccc(S(=O)(=O)NC2CCS(=O)(=O)C2)c1. The number of benzene rings is 1. The molecule has 0 saturated carbocycles. The Balaban J connectivity index is 1.40. The maximum Gasteiger partial charge on any atom is 0.251 e. The first kappa shape index (κ1) is 23.6. The third kappa shape index (κ3) is 6.08. The van der Waals surface area contributed by atoms with E-state index < -0.39 is 31.8 Å². The minimum atomic E-state index is -3.95. The zero-order valence-electron chi connectivity index (χ0n) is 17.9. The van der Waals surface area contributed by atoms with E-state index in [9.17, 15) is 21.6 Å². The molecule has 3 heterocycles.